The molecule has 15 heavy (non-hydrogen) atoms. The van der Waals surface area contributed by atoms with E-state index in [1.165, 1.54) is 6.08 Å². The van der Waals surface area contributed by atoms with Crippen molar-refractivity contribution in [3.63, 3.8) is 0 Å². The fourth-order valence-electron chi connectivity index (χ4n) is 0.866. The number of carbonyl (C=O) groups is 1. The summed E-state index contributed by atoms with van der Waals surface area (Å²) in [5, 5.41) is 9.61. The minimum atomic E-state index is -0.433. The highest BCUT2D eigenvalue weighted by Crippen LogP contribution is 2.12. The molecule has 0 saturated heterocycles. The molecule has 1 heterocycles. The van der Waals surface area contributed by atoms with Crippen LogP contribution < -0.4 is 11.1 Å². The highest BCUT2D eigenvalue weighted by molar-refractivity contribution is 5.83. The zero-order valence-corrected chi connectivity index (χ0v) is 8.48. The molecule has 82 valence electrons. The summed E-state index contributed by atoms with van der Waals surface area (Å²) in [5.74, 6) is -0.0304. The third-order valence-electron chi connectivity index (χ3n) is 1.45. The van der Waals surface area contributed by atoms with E-state index in [4.69, 9.17) is 10.5 Å². The second-order valence-electron chi connectivity index (χ2n) is 2.70. The first-order valence-electron chi connectivity index (χ1n) is 4.33. The van der Waals surface area contributed by atoms with E-state index in [9.17, 15) is 4.79 Å². The summed E-state index contributed by atoms with van der Waals surface area (Å²) in [6, 6.07) is 0. The number of hydrogen-bond donors (Lipinski definition) is 2. The summed E-state index contributed by atoms with van der Waals surface area (Å²) >= 11 is 0. The Morgan fingerprint density at radius 3 is 2.93 bits per heavy atom. The van der Waals surface area contributed by atoms with Gasteiger partial charge in [0.15, 0.2) is 0 Å². The Balaban J connectivity index is 2.59. The van der Waals surface area contributed by atoms with Gasteiger partial charge in [-0.3, -0.25) is 0 Å². The molecule has 7 heteroatoms. The number of rotatable bonds is 4. The van der Waals surface area contributed by atoms with Crippen LogP contribution in [0.2, 0.25) is 0 Å². The number of hydrogen-bond acceptors (Lipinski definition) is 7. The minimum absolute atomic E-state index is 0.131. The lowest BCUT2D eigenvalue weighted by Gasteiger charge is -2.01. The van der Waals surface area contributed by atoms with Gasteiger partial charge in [0.2, 0.25) is 11.6 Å². The van der Waals surface area contributed by atoms with Gasteiger partial charge in [-0.15, -0.1) is 0 Å². The van der Waals surface area contributed by atoms with Gasteiger partial charge in [-0.1, -0.05) is 0 Å². The number of esters is 1. The van der Waals surface area contributed by atoms with Crippen molar-refractivity contribution in [1.82, 2.24) is 10.3 Å². The SMILES string of the molecule is CCOC(=O)C=C(C)Nc1nonc1N. The van der Waals surface area contributed by atoms with Gasteiger partial charge in [0.25, 0.3) is 0 Å². The average Bonchev–Trinajstić information content (AvgIpc) is 2.52. The number of ether oxygens (including phenoxy) is 1. The lowest BCUT2D eigenvalue weighted by molar-refractivity contribution is -0.137. The number of nitrogens with zero attached hydrogens (tertiary/aromatic N) is 2. The molecule has 0 amide bonds. The van der Waals surface area contributed by atoms with Crippen LogP contribution >= 0.6 is 0 Å². The molecule has 1 aromatic heterocycles. The summed E-state index contributed by atoms with van der Waals surface area (Å²) in [6.45, 7) is 3.73. The number of allylic oxidation sites excluding steroid dienone is 1. The van der Waals surface area contributed by atoms with Crippen LogP contribution in [0.3, 0.4) is 0 Å². The molecule has 0 unspecified atom stereocenters. The van der Waals surface area contributed by atoms with Crippen molar-refractivity contribution >= 4 is 17.6 Å². The van der Waals surface area contributed by atoms with E-state index in [1.807, 2.05) is 0 Å². The minimum Gasteiger partial charge on any atom is -0.463 e. The fourth-order valence-corrected chi connectivity index (χ4v) is 0.866. The third-order valence-corrected chi connectivity index (χ3v) is 1.45. The third kappa shape index (κ3) is 3.29. The van der Waals surface area contributed by atoms with Crippen molar-refractivity contribution in [1.29, 1.82) is 0 Å². The van der Waals surface area contributed by atoms with Crippen molar-refractivity contribution in [2.45, 2.75) is 13.8 Å². The van der Waals surface area contributed by atoms with Crippen molar-refractivity contribution in [3.05, 3.63) is 11.8 Å². The van der Waals surface area contributed by atoms with Crippen LogP contribution in [0.25, 0.3) is 0 Å². The molecular formula is C8H12N4O3. The number of nitrogens with two attached hydrogens (primary N) is 1. The zero-order chi connectivity index (χ0) is 11.3. The predicted octanol–water partition coefficient (Wildman–Crippen LogP) is 0.531. The predicted molar refractivity (Wildman–Crippen MR) is 52.7 cm³/mol. The Labute approximate surface area is 86.2 Å². The topological polar surface area (TPSA) is 103 Å². The van der Waals surface area contributed by atoms with Crippen LogP contribution in [-0.2, 0) is 9.53 Å². The molecule has 0 atom stereocenters. The largest absolute Gasteiger partial charge is 0.463 e. The number of carbonyl (C=O) groups excluding carboxylic acids is 1. The smallest absolute Gasteiger partial charge is 0.332 e. The second-order valence-corrected chi connectivity index (χ2v) is 2.70. The highest BCUT2D eigenvalue weighted by Gasteiger charge is 2.06. The standard InChI is InChI=1S/C8H12N4O3/c1-3-14-6(13)4-5(2)10-8-7(9)11-15-12-8/h4H,3H2,1-2H3,(H2,9,11)(H,10,12). The van der Waals surface area contributed by atoms with Crippen LogP contribution in [0.1, 0.15) is 13.8 Å². The van der Waals surface area contributed by atoms with Crippen molar-refractivity contribution in [2.75, 3.05) is 17.7 Å². The van der Waals surface area contributed by atoms with Gasteiger partial charge in [0.05, 0.1) is 6.61 Å². The Morgan fingerprint density at radius 2 is 2.40 bits per heavy atom. The molecule has 0 aliphatic heterocycles. The molecule has 7 nitrogen and oxygen atoms in total. The summed E-state index contributed by atoms with van der Waals surface area (Å²) in [4.78, 5) is 11.0. The van der Waals surface area contributed by atoms with Gasteiger partial charge in [-0.25, -0.2) is 9.42 Å². The maximum Gasteiger partial charge on any atom is 0.332 e. The van der Waals surface area contributed by atoms with Crippen molar-refractivity contribution in [3.8, 4) is 0 Å². The lowest BCUT2D eigenvalue weighted by Crippen LogP contribution is -2.05. The molecule has 1 aromatic rings. The summed E-state index contributed by atoms with van der Waals surface area (Å²) in [5.41, 5.74) is 5.94. The van der Waals surface area contributed by atoms with E-state index in [-0.39, 0.29) is 11.6 Å². The van der Waals surface area contributed by atoms with E-state index in [0.717, 1.165) is 0 Å². The van der Waals surface area contributed by atoms with Gasteiger partial charge < -0.3 is 15.8 Å². The van der Waals surface area contributed by atoms with Crippen molar-refractivity contribution in [2.24, 2.45) is 0 Å². The highest BCUT2D eigenvalue weighted by atomic mass is 16.6. The van der Waals surface area contributed by atoms with Crippen LogP contribution in [0.4, 0.5) is 11.6 Å². The molecule has 0 aliphatic carbocycles. The van der Waals surface area contributed by atoms with E-state index in [2.05, 4.69) is 20.3 Å². The monoisotopic (exact) mass is 212 g/mol. The molecule has 0 aromatic carbocycles. The molecule has 0 aliphatic rings. The normalized spacial score (nSPS) is 11.2. The Hall–Kier alpha value is -2.05. The first-order valence-corrected chi connectivity index (χ1v) is 4.33. The van der Waals surface area contributed by atoms with Gasteiger partial charge in [0.1, 0.15) is 0 Å². The van der Waals surface area contributed by atoms with E-state index >= 15 is 0 Å². The van der Waals surface area contributed by atoms with Crippen molar-refractivity contribution < 1.29 is 14.2 Å². The van der Waals surface area contributed by atoms with E-state index < -0.39 is 5.97 Å². The van der Waals surface area contributed by atoms with Crippen LogP contribution in [0, 0.1) is 0 Å². The Morgan fingerprint density at radius 1 is 1.67 bits per heavy atom. The maximum absolute atomic E-state index is 11.0. The van der Waals surface area contributed by atoms with E-state index in [1.54, 1.807) is 13.8 Å². The molecule has 1 rings (SSSR count). The quantitative estimate of drug-likeness (QED) is 0.554. The Bertz CT molecular complexity index is 372. The van der Waals surface area contributed by atoms with Gasteiger partial charge >= 0.3 is 5.97 Å². The number of nitrogen functional groups attached to an aromatic ring is 1. The van der Waals surface area contributed by atoms with Crippen LogP contribution in [-0.4, -0.2) is 22.9 Å². The van der Waals surface area contributed by atoms with Gasteiger partial charge in [-0.05, 0) is 24.2 Å². The van der Waals surface area contributed by atoms with Gasteiger partial charge in [-0.2, -0.15) is 0 Å². The number of anilines is 2. The summed E-state index contributed by atoms with van der Waals surface area (Å²) < 4.78 is 9.08. The molecule has 0 radical (unpaired) electrons. The zero-order valence-electron chi connectivity index (χ0n) is 8.48. The summed E-state index contributed by atoms with van der Waals surface area (Å²) in [6.07, 6.45) is 1.29. The van der Waals surface area contributed by atoms with Crippen LogP contribution in [0.5, 0.6) is 0 Å². The fraction of sp³-hybridized carbons (Fsp3) is 0.375. The molecule has 0 bridgehead atoms. The first-order chi connectivity index (χ1) is 7.13. The first kappa shape index (κ1) is 11.0. The molecule has 3 N–H and O–H groups in total. The number of aromatic nitrogens is 2. The molecule has 0 spiro atoms. The summed E-state index contributed by atoms with van der Waals surface area (Å²) in [7, 11) is 0. The second kappa shape index (κ2) is 4.99. The molecule has 0 saturated carbocycles. The van der Waals surface area contributed by atoms with Gasteiger partial charge in [0, 0.05) is 11.8 Å². The lowest BCUT2D eigenvalue weighted by atomic mass is 10.4. The Kier molecular flexibility index (Phi) is 3.67. The number of nitrogens with one attached hydrogen (secondary N) is 1. The van der Waals surface area contributed by atoms with E-state index in [0.29, 0.717) is 12.3 Å². The maximum atomic E-state index is 11.0. The average molecular weight is 212 g/mol. The molecular weight excluding hydrogens is 200 g/mol. The molecule has 0 fully saturated rings. The van der Waals surface area contributed by atoms with Crippen LogP contribution in [0.15, 0.2) is 16.4 Å².